The van der Waals surface area contributed by atoms with Gasteiger partial charge in [-0.25, -0.2) is 9.67 Å². The zero-order valence-corrected chi connectivity index (χ0v) is 23.9. The molecule has 0 spiro atoms. The number of hydrogen-bond acceptors (Lipinski definition) is 7. The van der Waals surface area contributed by atoms with Crippen LogP contribution in [-0.4, -0.2) is 40.3 Å². The normalized spacial score (nSPS) is 10.7. The summed E-state index contributed by atoms with van der Waals surface area (Å²) in [6.45, 7) is 8.52. The molecule has 0 aliphatic carbocycles. The Morgan fingerprint density at radius 3 is 2.33 bits per heavy atom. The standard InChI is InChI=1S/C25H26Cl2N4S2.CO2/c1-14(2)32-24-23(17-7-8-21(26)22(27)12-17)28-25(33-24)31-13-20(16(4)29-31)18-9-15(3)10-19(11-18)30(5)6;2-1-3/h7-14H,1-6H3;. The summed E-state index contributed by atoms with van der Waals surface area (Å²) in [6, 6.07) is 12.2. The van der Waals surface area contributed by atoms with Crippen LogP contribution in [0.15, 0.2) is 46.8 Å². The first-order chi connectivity index (χ1) is 17.0. The molecule has 0 atom stereocenters. The minimum Gasteiger partial charge on any atom is -0.378 e. The molecule has 0 aliphatic heterocycles. The van der Waals surface area contributed by atoms with Gasteiger partial charge in [0.2, 0.25) is 5.13 Å². The molecule has 0 radical (unpaired) electrons. The van der Waals surface area contributed by atoms with E-state index in [-0.39, 0.29) is 6.15 Å². The highest BCUT2D eigenvalue weighted by Crippen LogP contribution is 2.41. The van der Waals surface area contributed by atoms with Crippen molar-refractivity contribution < 1.29 is 9.59 Å². The number of nitrogens with zero attached hydrogens (tertiary/aromatic N) is 4. The Morgan fingerprint density at radius 1 is 1.03 bits per heavy atom. The van der Waals surface area contributed by atoms with Gasteiger partial charge in [0.25, 0.3) is 0 Å². The van der Waals surface area contributed by atoms with Crippen molar-refractivity contribution in [3.63, 3.8) is 0 Å². The van der Waals surface area contributed by atoms with Crippen LogP contribution in [0.5, 0.6) is 0 Å². The third-order valence-corrected chi connectivity index (χ3v) is 8.10. The van der Waals surface area contributed by atoms with Crippen LogP contribution in [0.4, 0.5) is 5.69 Å². The fraction of sp³-hybridized carbons (Fsp3) is 0.269. The highest BCUT2D eigenvalue weighted by Gasteiger charge is 2.19. The maximum Gasteiger partial charge on any atom is 0.373 e. The van der Waals surface area contributed by atoms with Gasteiger partial charge in [0.15, 0.2) is 0 Å². The molecule has 0 N–H and O–H groups in total. The average molecular weight is 562 g/mol. The molecule has 2 aromatic heterocycles. The summed E-state index contributed by atoms with van der Waals surface area (Å²) in [6.07, 6.45) is 2.32. The van der Waals surface area contributed by atoms with Crippen molar-refractivity contribution in [3.8, 4) is 27.5 Å². The Bertz CT molecular complexity index is 1410. The van der Waals surface area contributed by atoms with Gasteiger partial charge >= 0.3 is 6.15 Å². The van der Waals surface area contributed by atoms with Crippen LogP contribution in [0.2, 0.25) is 10.0 Å². The van der Waals surface area contributed by atoms with Crippen molar-refractivity contribution >= 4 is 58.1 Å². The third kappa shape index (κ3) is 6.58. The Labute approximate surface area is 229 Å². The van der Waals surface area contributed by atoms with E-state index >= 15 is 0 Å². The molecular formula is C26H26Cl2N4O2S2. The molecule has 10 heteroatoms. The van der Waals surface area contributed by atoms with E-state index in [0.717, 1.165) is 37.4 Å². The van der Waals surface area contributed by atoms with Gasteiger partial charge in [-0.05, 0) is 49.2 Å². The summed E-state index contributed by atoms with van der Waals surface area (Å²) in [4.78, 5) is 23.3. The lowest BCUT2D eigenvalue weighted by molar-refractivity contribution is -0.191. The fourth-order valence-electron chi connectivity index (χ4n) is 3.53. The quantitative estimate of drug-likeness (QED) is 0.226. The fourth-order valence-corrected chi connectivity index (χ4v) is 6.28. The lowest BCUT2D eigenvalue weighted by atomic mass is 10.0. The van der Waals surface area contributed by atoms with Gasteiger partial charge in [-0.3, -0.25) is 0 Å². The molecule has 0 bridgehead atoms. The number of thioether (sulfide) groups is 1. The van der Waals surface area contributed by atoms with Gasteiger partial charge in [0.05, 0.1) is 25.6 Å². The number of aromatic nitrogens is 3. The molecule has 0 saturated carbocycles. The van der Waals surface area contributed by atoms with E-state index < -0.39 is 0 Å². The minimum absolute atomic E-state index is 0.250. The number of anilines is 1. The number of thiazole rings is 1. The Kier molecular flexibility index (Phi) is 9.39. The smallest absolute Gasteiger partial charge is 0.373 e. The van der Waals surface area contributed by atoms with Crippen molar-refractivity contribution in [2.75, 3.05) is 19.0 Å². The van der Waals surface area contributed by atoms with Gasteiger partial charge in [0, 0.05) is 42.4 Å². The Morgan fingerprint density at radius 2 is 1.72 bits per heavy atom. The van der Waals surface area contributed by atoms with Gasteiger partial charge in [-0.15, -0.1) is 11.8 Å². The Balaban J connectivity index is 0.00000115. The van der Waals surface area contributed by atoms with E-state index in [1.54, 1.807) is 23.1 Å². The van der Waals surface area contributed by atoms with Crippen LogP contribution in [-0.2, 0) is 9.59 Å². The number of halogens is 2. The highest BCUT2D eigenvalue weighted by atomic mass is 35.5. The van der Waals surface area contributed by atoms with Gasteiger partial charge in [-0.1, -0.05) is 60.5 Å². The second-order valence-corrected chi connectivity index (χ2v) is 12.2. The number of rotatable bonds is 6. The van der Waals surface area contributed by atoms with E-state index in [9.17, 15) is 0 Å². The van der Waals surface area contributed by atoms with Gasteiger partial charge in [0.1, 0.15) is 0 Å². The molecule has 4 rings (SSSR count). The van der Waals surface area contributed by atoms with Gasteiger partial charge < -0.3 is 4.90 Å². The Hall–Kier alpha value is -2.61. The first kappa shape index (κ1) is 28.0. The lowest BCUT2D eigenvalue weighted by Gasteiger charge is -2.15. The molecule has 2 heterocycles. The summed E-state index contributed by atoms with van der Waals surface area (Å²) >= 11 is 15.9. The second kappa shape index (κ2) is 12.1. The minimum atomic E-state index is 0.250. The molecule has 188 valence electrons. The van der Waals surface area contributed by atoms with Gasteiger partial charge in [-0.2, -0.15) is 14.7 Å². The second-order valence-electron chi connectivity index (χ2n) is 8.54. The molecule has 2 aromatic carbocycles. The number of aryl methyl sites for hydroxylation is 2. The van der Waals surface area contributed by atoms with E-state index in [1.807, 2.05) is 29.8 Å². The molecule has 0 unspecified atom stereocenters. The van der Waals surface area contributed by atoms with Crippen molar-refractivity contribution in [3.05, 3.63) is 63.9 Å². The summed E-state index contributed by atoms with van der Waals surface area (Å²) in [5.41, 5.74) is 7.47. The van der Waals surface area contributed by atoms with Crippen LogP contribution >= 0.6 is 46.3 Å². The number of hydrogen-bond donors (Lipinski definition) is 0. The van der Waals surface area contributed by atoms with Crippen LogP contribution < -0.4 is 4.90 Å². The zero-order valence-electron chi connectivity index (χ0n) is 20.8. The predicted molar refractivity (Wildman–Crippen MR) is 150 cm³/mol. The van der Waals surface area contributed by atoms with E-state index in [0.29, 0.717) is 15.3 Å². The molecule has 36 heavy (non-hydrogen) atoms. The maximum atomic E-state index is 8.12. The molecule has 0 saturated heterocycles. The maximum absolute atomic E-state index is 8.12. The van der Waals surface area contributed by atoms with Crippen LogP contribution in [0, 0.1) is 13.8 Å². The molecular weight excluding hydrogens is 535 g/mol. The summed E-state index contributed by atoms with van der Waals surface area (Å²) in [5, 5.41) is 7.13. The van der Waals surface area contributed by atoms with E-state index in [1.165, 1.54) is 11.3 Å². The van der Waals surface area contributed by atoms with Crippen molar-refractivity contribution in [1.82, 2.24) is 14.8 Å². The van der Waals surface area contributed by atoms with E-state index in [2.05, 4.69) is 64.2 Å². The average Bonchev–Trinajstić information content (AvgIpc) is 3.39. The number of carbonyl (C=O) groups excluding carboxylic acids is 2. The molecule has 0 fully saturated rings. The summed E-state index contributed by atoms with van der Waals surface area (Å²) in [7, 11) is 4.12. The molecule has 0 amide bonds. The SMILES string of the molecule is Cc1cc(-c2cn(-c3nc(-c4ccc(Cl)c(Cl)c4)c(SC(C)C)s3)nc2C)cc(N(C)C)c1.O=C=O. The largest absolute Gasteiger partial charge is 0.378 e. The predicted octanol–water partition coefficient (Wildman–Crippen LogP) is 7.57. The molecule has 6 nitrogen and oxygen atoms in total. The number of benzene rings is 2. The lowest BCUT2D eigenvalue weighted by Crippen LogP contribution is -2.08. The van der Waals surface area contributed by atoms with Crippen molar-refractivity contribution in [1.29, 1.82) is 0 Å². The van der Waals surface area contributed by atoms with Crippen molar-refractivity contribution in [2.45, 2.75) is 37.2 Å². The third-order valence-electron chi connectivity index (χ3n) is 5.10. The van der Waals surface area contributed by atoms with Crippen LogP contribution in [0.1, 0.15) is 25.1 Å². The van der Waals surface area contributed by atoms with Crippen molar-refractivity contribution in [2.24, 2.45) is 0 Å². The topological polar surface area (TPSA) is 68.1 Å². The highest BCUT2D eigenvalue weighted by molar-refractivity contribution is 8.01. The molecule has 0 aliphatic rings. The van der Waals surface area contributed by atoms with Crippen LogP contribution in [0.3, 0.4) is 0 Å². The van der Waals surface area contributed by atoms with Crippen LogP contribution in [0.25, 0.3) is 27.5 Å². The first-order valence-electron chi connectivity index (χ1n) is 11.0. The monoisotopic (exact) mass is 560 g/mol. The summed E-state index contributed by atoms with van der Waals surface area (Å²) < 4.78 is 3.02. The first-order valence-corrected chi connectivity index (χ1v) is 13.5. The summed E-state index contributed by atoms with van der Waals surface area (Å²) in [5.74, 6) is 0. The molecule has 4 aromatic rings. The van der Waals surface area contributed by atoms with E-state index in [4.69, 9.17) is 42.9 Å². The zero-order chi connectivity index (χ0) is 26.6.